The average molecular weight is 488 g/mol. The Labute approximate surface area is 197 Å². The Hall–Kier alpha value is -3.36. The smallest absolute Gasteiger partial charge is 0.338 e. The lowest BCUT2D eigenvalue weighted by atomic mass is 10.1. The van der Waals surface area contributed by atoms with Crippen LogP contribution < -0.4 is 9.04 Å². The van der Waals surface area contributed by atoms with Crippen molar-refractivity contribution >= 4 is 39.1 Å². The largest absolute Gasteiger partial charge is 0.496 e. The number of carbonyl (C=O) groups is 2. The lowest BCUT2D eigenvalue weighted by Crippen LogP contribution is -2.26. The quantitative estimate of drug-likeness (QED) is 0.337. The van der Waals surface area contributed by atoms with Gasteiger partial charge in [0.15, 0.2) is 5.78 Å². The van der Waals surface area contributed by atoms with Gasteiger partial charge >= 0.3 is 5.97 Å². The molecule has 0 bridgehead atoms. The Bertz CT molecular complexity index is 1310. The lowest BCUT2D eigenvalue weighted by molar-refractivity contribution is 0.0470. The molecule has 0 N–H and O–H groups in total. The van der Waals surface area contributed by atoms with Crippen LogP contribution in [-0.2, 0) is 21.4 Å². The third-order valence-corrected chi connectivity index (χ3v) is 6.96. The molecule has 7 nitrogen and oxygen atoms in total. The standard InChI is InChI=1S/C24H22ClNO6S/c1-16(27)17-10-11-23(31-3)19(12-17)15-32-24(28)18-6-4-9-22(13-18)33(29,30)26(2)21-8-5-7-20(25)14-21/h4-14H,15H2,1-3H3. The van der Waals surface area contributed by atoms with Gasteiger partial charge < -0.3 is 9.47 Å². The summed E-state index contributed by atoms with van der Waals surface area (Å²) in [6, 6.07) is 16.8. The second kappa shape index (κ2) is 10.1. The molecule has 0 saturated carbocycles. The van der Waals surface area contributed by atoms with Crippen molar-refractivity contribution in [1.82, 2.24) is 0 Å². The molecular formula is C24H22ClNO6S. The van der Waals surface area contributed by atoms with Crippen molar-refractivity contribution in [2.75, 3.05) is 18.5 Å². The Morgan fingerprint density at radius 3 is 2.36 bits per heavy atom. The Balaban J connectivity index is 1.81. The van der Waals surface area contributed by atoms with Gasteiger partial charge in [-0.3, -0.25) is 9.10 Å². The van der Waals surface area contributed by atoms with Crippen molar-refractivity contribution in [3.8, 4) is 5.75 Å². The molecule has 0 fully saturated rings. The summed E-state index contributed by atoms with van der Waals surface area (Å²) in [5.41, 5.74) is 1.42. The Morgan fingerprint density at radius 1 is 0.970 bits per heavy atom. The van der Waals surface area contributed by atoms with Crippen LogP contribution in [0, 0.1) is 0 Å². The van der Waals surface area contributed by atoms with E-state index >= 15 is 0 Å². The Kier molecular flexibility index (Phi) is 7.40. The predicted octanol–water partition coefficient (Wildman–Crippen LogP) is 4.73. The van der Waals surface area contributed by atoms with Gasteiger partial charge in [0.25, 0.3) is 10.0 Å². The zero-order chi connectivity index (χ0) is 24.2. The molecule has 0 atom stereocenters. The predicted molar refractivity (Wildman–Crippen MR) is 126 cm³/mol. The number of hydrogen-bond acceptors (Lipinski definition) is 6. The molecule has 0 spiro atoms. The minimum absolute atomic E-state index is 0.0669. The first-order valence-corrected chi connectivity index (χ1v) is 11.6. The maximum atomic E-state index is 13.1. The van der Waals surface area contributed by atoms with Crippen molar-refractivity contribution in [3.63, 3.8) is 0 Å². The van der Waals surface area contributed by atoms with E-state index in [-0.39, 0.29) is 22.8 Å². The van der Waals surface area contributed by atoms with Crippen LogP contribution in [0.1, 0.15) is 33.2 Å². The lowest BCUT2D eigenvalue weighted by Gasteiger charge is -2.20. The fraction of sp³-hybridized carbons (Fsp3) is 0.167. The van der Waals surface area contributed by atoms with Gasteiger partial charge in [0, 0.05) is 23.2 Å². The molecule has 0 saturated heterocycles. The minimum Gasteiger partial charge on any atom is -0.496 e. The minimum atomic E-state index is -3.95. The molecule has 172 valence electrons. The number of ether oxygens (including phenoxy) is 2. The molecule has 3 aromatic carbocycles. The van der Waals surface area contributed by atoms with E-state index in [2.05, 4.69) is 0 Å². The van der Waals surface area contributed by atoms with Gasteiger partial charge in [-0.15, -0.1) is 0 Å². The molecule has 0 heterocycles. The molecule has 33 heavy (non-hydrogen) atoms. The highest BCUT2D eigenvalue weighted by molar-refractivity contribution is 7.92. The number of sulfonamides is 1. The fourth-order valence-corrected chi connectivity index (χ4v) is 4.51. The number of carbonyl (C=O) groups excluding carboxylic acids is 2. The van der Waals surface area contributed by atoms with Crippen LogP contribution in [0.2, 0.25) is 5.02 Å². The number of rotatable bonds is 8. The molecule has 0 aliphatic heterocycles. The van der Waals surface area contributed by atoms with Crippen LogP contribution in [0.4, 0.5) is 5.69 Å². The van der Waals surface area contributed by atoms with Gasteiger partial charge in [0.1, 0.15) is 12.4 Å². The van der Waals surface area contributed by atoms with Crippen LogP contribution in [0.5, 0.6) is 5.75 Å². The molecule has 0 amide bonds. The van der Waals surface area contributed by atoms with Crippen LogP contribution in [-0.4, -0.2) is 34.3 Å². The van der Waals surface area contributed by atoms with Gasteiger partial charge in [-0.25, -0.2) is 13.2 Å². The number of Topliss-reactive ketones (excluding diaryl/α,β-unsaturated/α-hetero) is 1. The van der Waals surface area contributed by atoms with Crippen LogP contribution in [0.3, 0.4) is 0 Å². The molecule has 0 unspecified atom stereocenters. The van der Waals surface area contributed by atoms with E-state index in [0.29, 0.717) is 27.6 Å². The first-order chi connectivity index (χ1) is 15.6. The summed E-state index contributed by atoms with van der Waals surface area (Å²) in [6.07, 6.45) is 0. The summed E-state index contributed by atoms with van der Waals surface area (Å²) in [7, 11) is -1.07. The van der Waals surface area contributed by atoms with Gasteiger partial charge in [0.05, 0.1) is 23.3 Å². The Morgan fingerprint density at radius 2 is 1.70 bits per heavy atom. The van der Waals surface area contributed by atoms with E-state index in [0.717, 1.165) is 4.31 Å². The van der Waals surface area contributed by atoms with Crippen molar-refractivity contribution < 1.29 is 27.5 Å². The van der Waals surface area contributed by atoms with Gasteiger partial charge in [-0.05, 0) is 61.5 Å². The number of nitrogens with zero attached hydrogens (tertiary/aromatic N) is 1. The maximum absolute atomic E-state index is 13.1. The number of ketones is 1. The van der Waals surface area contributed by atoms with Crippen molar-refractivity contribution in [1.29, 1.82) is 0 Å². The fourth-order valence-electron chi connectivity index (χ4n) is 3.09. The van der Waals surface area contributed by atoms with Gasteiger partial charge in [-0.2, -0.15) is 0 Å². The number of benzene rings is 3. The van der Waals surface area contributed by atoms with Crippen molar-refractivity contribution in [2.24, 2.45) is 0 Å². The normalized spacial score (nSPS) is 11.0. The summed E-state index contributed by atoms with van der Waals surface area (Å²) in [5, 5.41) is 0.399. The molecule has 3 rings (SSSR count). The second-order valence-electron chi connectivity index (χ2n) is 7.14. The van der Waals surface area contributed by atoms with E-state index in [9.17, 15) is 18.0 Å². The molecule has 0 aliphatic rings. The topological polar surface area (TPSA) is 90.0 Å². The number of halogens is 1. The molecule has 3 aromatic rings. The monoisotopic (exact) mass is 487 g/mol. The molecular weight excluding hydrogens is 466 g/mol. The second-order valence-corrected chi connectivity index (χ2v) is 9.54. The highest BCUT2D eigenvalue weighted by Gasteiger charge is 2.23. The SMILES string of the molecule is COc1ccc(C(C)=O)cc1COC(=O)c1cccc(S(=O)(=O)N(C)c2cccc(Cl)c2)c1. The number of methoxy groups -OCH3 is 1. The summed E-state index contributed by atoms with van der Waals surface area (Å²) < 4.78 is 37.8. The number of esters is 1. The zero-order valence-electron chi connectivity index (χ0n) is 18.2. The third-order valence-electron chi connectivity index (χ3n) is 4.95. The molecule has 0 radical (unpaired) electrons. The molecule has 9 heteroatoms. The highest BCUT2D eigenvalue weighted by atomic mass is 35.5. The first kappa shape index (κ1) is 24.3. The highest BCUT2D eigenvalue weighted by Crippen LogP contribution is 2.26. The maximum Gasteiger partial charge on any atom is 0.338 e. The zero-order valence-corrected chi connectivity index (χ0v) is 19.8. The number of hydrogen-bond donors (Lipinski definition) is 0. The average Bonchev–Trinajstić information content (AvgIpc) is 2.81. The van der Waals surface area contributed by atoms with Gasteiger partial charge in [0.2, 0.25) is 0 Å². The molecule has 0 aromatic heterocycles. The van der Waals surface area contributed by atoms with E-state index in [1.165, 1.54) is 51.4 Å². The summed E-state index contributed by atoms with van der Waals surface area (Å²) in [6.45, 7) is 1.28. The van der Waals surface area contributed by atoms with Gasteiger partial charge in [-0.1, -0.05) is 23.7 Å². The first-order valence-electron chi connectivity index (χ1n) is 9.83. The summed E-state index contributed by atoms with van der Waals surface area (Å²) in [5.74, 6) is -0.382. The van der Waals surface area contributed by atoms with Crippen LogP contribution in [0.15, 0.2) is 71.6 Å². The van der Waals surface area contributed by atoms with E-state index in [1.807, 2.05) is 0 Å². The van der Waals surface area contributed by atoms with E-state index in [1.54, 1.807) is 36.4 Å². The van der Waals surface area contributed by atoms with Crippen molar-refractivity contribution in [2.45, 2.75) is 18.4 Å². The van der Waals surface area contributed by atoms with Crippen LogP contribution in [0.25, 0.3) is 0 Å². The van der Waals surface area contributed by atoms with E-state index in [4.69, 9.17) is 21.1 Å². The molecule has 0 aliphatic carbocycles. The van der Waals surface area contributed by atoms with Crippen molar-refractivity contribution in [3.05, 3.63) is 88.4 Å². The third kappa shape index (κ3) is 5.53. The summed E-state index contributed by atoms with van der Waals surface area (Å²) in [4.78, 5) is 24.2. The summed E-state index contributed by atoms with van der Waals surface area (Å²) >= 11 is 5.98. The van der Waals surface area contributed by atoms with Crippen LogP contribution >= 0.6 is 11.6 Å². The van der Waals surface area contributed by atoms with E-state index < -0.39 is 16.0 Å². The number of anilines is 1.